The minimum Gasteiger partial charge on any atom is -0.323 e. The van der Waals surface area contributed by atoms with Crippen molar-refractivity contribution in [2.45, 2.75) is 76.3 Å². The van der Waals surface area contributed by atoms with Crippen LogP contribution in [0.15, 0.2) is 0 Å². The molecule has 0 bridgehead atoms. The van der Waals surface area contributed by atoms with Crippen LogP contribution in [-0.2, 0) is 4.79 Å². The van der Waals surface area contributed by atoms with Crippen LogP contribution in [0.1, 0.15) is 64.7 Å². The Morgan fingerprint density at radius 2 is 1.77 bits per heavy atom. The molecule has 3 rings (SSSR count). The van der Waals surface area contributed by atoms with E-state index in [9.17, 15) is 9.59 Å². The summed E-state index contributed by atoms with van der Waals surface area (Å²) in [5, 5.41) is 3.02. The number of rotatable bonds is 3. The number of carbonyl (C=O) groups excluding carboxylic acids is 2. The molecule has 3 amide bonds. The summed E-state index contributed by atoms with van der Waals surface area (Å²) in [7, 11) is 2.13. The van der Waals surface area contributed by atoms with Crippen molar-refractivity contribution in [1.82, 2.24) is 10.2 Å². The van der Waals surface area contributed by atoms with Crippen molar-refractivity contribution in [2.24, 2.45) is 5.92 Å². The fourth-order valence-electron chi connectivity index (χ4n) is 4.39. The highest BCUT2D eigenvalue weighted by Crippen LogP contribution is 2.36. The number of hydrogen-bond donors (Lipinski definition) is 2. The van der Waals surface area contributed by atoms with Crippen LogP contribution in [0.25, 0.3) is 0 Å². The second kappa shape index (κ2) is 6.19. The number of carbonyl (C=O) groups is 2. The summed E-state index contributed by atoms with van der Waals surface area (Å²) in [6.07, 6.45) is 10.0. The lowest BCUT2D eigenvalue weighted by Gasteiger charge is -2.34. The number of amides is 3. The standard InChI is InChI=1S/C17H29N3O2/c1-13-8-10-17(11-9-13)15(21)20(16(22)18-17)12-19(2)14-6-4-3-5-7-14/h13-14H,3-12H2,1-2H3,(H,18,22)/p+1. The SMILES string of the molecule is CC1CCC2(CC1)NC(=O)N(C[NH+](C)C1CCCCC1)C2=O. The summed E-state index contributed by atoms with van der Waals surface area (Å²) < 4.78 is 0. The largest absolute Gasteiger partial charge is 0.329 e. The van der Waals surface area contributed by atoms with E-state index in [-0.39, 0.29) is 11.9 Å². The molecular formula is C17H30N3O2+. The van der Waals surface area contributed by atoms with Crippen LogP contribution in [0.2, 0.25) is 0 Å². The van der Waals surface area contributed by atoms with Crippen molar-refractivity contribution >= 4 is 11.9 Å². The number of nitrogens with zero attached hydrogens (tertiary/aromatic N) is 1. The molecule has 1 unspecified atom stereocenters. The van der Waals surface area contributed by atoms with Gasteiger partial charge in [0.05, 0.1) is 13.1 Å². The second-order valence-electron chi connectivity index (χ2n) is 7.77. The predicted octanol–water partition coefficient (Wildman–Crippen LogP) is 1.29. The molecule has 5 heteroatoms. The highest BCUT2D eigenvalue weighted by atomic mass is 16.2. The predicted molar refractivity (Wildman–Crippen MR) is 84.4 cm³/mol. The van der Waals surface area contributed by atoms with Gasteiger partial charge in [-0.3, -0.25) is 4.79 Å². The maximum absolute atomic E-state index is 12.8. The quantitative estimate of drug-likeness (QED) is 0.772. The lowest BCUT2D eigenvalue weighted by atomic mass is 9.77. The number of hydrogen-bond acceptors (Lipinski definition) is 2. The summed E-state index contributed by atoms with van der Waals surface area (Å²) >= 11 is 0. The van der Waals surface area contributed by atoms with Crippen molar-refractivity contribution in [3.8, 4) is 0 Å². The molecule has 1 atom stereocenters. The van der Waals surface area contributed by atoms with Crippen molar-refractivity contribution in [3.63, 3.8) is 0 Å². The van der Waals surface area contributed by atoms with Crippen molar-refractivity contribution in [3.05, 3.63) is 0 Å². The van der Waals surface area contributed by atoms with E-state index in [4.69, 9.17) is 0 Å². The van der Waals surface area contributed by atoms with Gasteiger partial charge in [0, 0.05) is 0 Å². The van der Waals surface area contributed by atoms with Gasteiger partial charge in [0.2, 0.25) is 0 Å². The highest BCUT2D eigenvalue weighted by Gasteiger charge is 2.53. The topological polar surface area (TPSA) is 53.9 Å². The van der Waals surface area contributed by atoms with Crippen molar-refractivity contribution < 1.29 is 14.5 Å². The molecular weight excluding hydrogens is 278 g/mol. The Morgan fingerprint density at radius 1 is 1.14 bits per heavy atom. The number of nitrogens with one attached hydrogen (secondary N) is 2. The third kappa shape index (κ3) is 2.87. The lowest BCUT2D eigenvalue weighted by molar-refractivity contribution is -0.914. The zero-order valence-corrected chi connectivity index (χ0v) is 14.0. The number of quaternary nitrogens is 1. The van der Waals surface area contributed by atoms with Gasteiger partial charge in [0.15, 0.2) is 6.67 Å². The number of imide groups is 1. The molecule has 5 nitrogen and oxygen atoms in total. The molecule has 0 aromatic heterocycles. The molecule has 0 radical (unpaired) electrons. The van der Waals surface area contributed by atoms with Crippen LogP contribution in [0.4, 0.5) is 4.79 Å². The molecule has 2 saturated carbocycles. The molecule has 1 heterocycles. The summed E-state index contributed by atoms with van der Waals surface area (Å²) in [4.78, 5) is 28.0. The van der Waals surface area contributed by atoms with E-state index < -0.39 is 5.54 Å². The van der Waals surface area contributed by atoms with Crippen LogP contribution in [0.5, 0.6) is 0 Å². The maximum Gasteiger partial charge on any atom is 0.329 e. The van der Waals surface area contributed by atoms with E-state index in [0.29, 0.717) is 18.6 Å². The normalized spacial score (nSPS) is 35.0. The van der Waals surface area contributed by atoms with Gasteiger partial charge in [-0.1, -0.05) is 13.3 Å². The van der Waals surface area contributed by atoms with Gasteiger partial charge in [0.1, 0.15) is 5.54 Å². The van der Waals surface area contributed by atoms with Gasteiger partial charge >= 0.3 is 6.03 Å². The Balaban J connectivity index is 1.64. The Kier molecular flexibility index (Phi) is 4.44. The fourth-order valence-corrected chi connectivity index (χ4v) is 4.39. The lowest BCUT2D eigenvalue weighted by Crippen LogP contribution is -3.14. The van der Waals surface area contributed by atoms with E-state index in [1.165, 1.54) is 41.9 Å². The van der Waals surface area contributed by atoms with Gasteiger partial charge in [-0.25, -0.2) is 9.69 Å². The van der Waals surface area contributed by atoms with Crippen LogP contribution < -0.4 is 10.2 Å². The monoisotopic (exact) mass is 308 g/mol. The Bertz CT molecular complexity index is 437. The van der Waals surface area contributed by atoms with E-state index in [2.05, 4.69) is 19.3 Å². The molecule has 2 aliphatic carbocycles. The van der Waals surface area contributed by atoms with Crippen LogP contribution in [-0.4, -0.2) is 42.1 Å². The molecule has 2 N–H and O–H groups in total. The fraction of sp³-hybridized carbons (Fsp3) is 0.882. The van der Waals surface area contributed by atoms with Gasteiger partial charge < -0.3 is 10.2 Å². The second-order valence-corrected chi connectivity index (χ2v) is 7.77. The third-order valence-electron chi connectivity index (χ3n) is 6.08. The van der Waals surface area contributed by atoms with Gasteiger partial charge in [-0.05, 0) is 57.3 Å². The van der Waals surface area contributed by atoms with Crippen LogP contribution in [0.3, 0.4) is 0 Å². The minimum absolute atomic E-state index is 0.0274. The van der Waals surface area contributed by atoms with Crippen LogP contribution >= 0.6 is 0 Å². The van der Waals surface area contributed by atoms with E-state index in [1.807, 2.05) is 0 Å². The summed E-state index contributed by atoms with van der Waals surface area (Å²) in [6, 6.07) is 0.423. The first-order chi connectivity index (χ1) is 10.5. The molecule has 1 spiro atoms. The summed E-state index contributed by atoms with van der Waals surface area (Å²) in [5.74, 6) is 0.694. The van der Waals surface area contributed by atoms with Gasteiger partial charge in [-0.2, -0.15) is 0 Å². The molecule has 1 aliphatic heterocycles. The maximum atomic E-state index is 12.8. The molecule has 1 saturated heterocycles. The summed E-state index contributed by atoms with van der Waals surface area (Å²) in [5.41, 5.74) is -0.587. The molecule has 22 heavy (non-hydrogen) atoms. The average molecular weight is 308 g/mol. The first-order valence-corrected chi connectivity index (χ1v) is 8.98. The minimum atomic E-state index is -0.587. The van der Waals surface area contributed by atoms with Crippen molar-refractivity contribution in [1.29, 1.82) is 0 Å². The zero-order chi connectivity index (χ0) is 15.7. The third-order valence-corrected chi connectivity index (χ3v) is 6.08. The molecule has 0 aromatic carbocycles. The molecule has 0 aromatic rings. The first-order valence-electron chi connectivity index (χ1n) is 8.98. The molecule has 124 valence electrons. The highest BCUT2D eigenvalue weighted by molar-refractivity contribution is 6.06. The number of urea groups is 1. The average Bonchev–Trinajstić information content (AvgIpc) is 2.76. The Labute approximate surface area is 133 Å². The van der Waals surface area contributed by atoms with Gasteiger partial charge in [-0.15, -0.1) is 0 Å². The zero-order valence-electron chi connectivity index (χ0n) is 14.0. The smallest absolute Gasteiger partial charge is 0.323 e. The Morgan fingerprint density at radius 3 is 2.41 bits per heavy atom. The summed E-state index contributed by atoms with van der Waals surface area (Å²) in [6.45, 7) is 2.75. The molecule has 3 aliphatic rings. The van der Waals surface area contributed by atoms with Crippen LogP contribution in [0, 0.1) is 5.92 Å². The van der Waals surface area contributed by atoms with E-state index in [0.717, 1.165) is 25.7 Å². The van der Waals surface area contributed by atoms with Gasteiger partial charge in [0.25, 0.3) is 5.91 Å². The first kappa shape index (κ1) is 15.8. The van der Waals surface area contributed by atoms with E-state index >= 15 is 0 Å². The Hall–Kier alpha value is -1.10. The van der Waals surface area contributed by atoms with Crippen molar-refractivity contribution in [2.75, 3.05) is 13.7 Å². The molecule has 3 fully saturated rings. The van der Waals surface area contributed by atoms with E-state index in [1.54, 1.807) is 0 Å².